The van der Waals surface area contributed by atoms with Crippen LogP contribution in [0, 0.1) is 12.7 Å². The van der Waals surface area contributed by atoms with Crippen molar-refractivity contribution in [2.24, 2.45) is 0 Å². The highest BCUT2D eigenvalue weighted by molar-refractivity contribution is 6.28. The molecule has 0 aliphatic carbocycles. The molecule has 0 radical (unpaired) electrons. The third kappa shape index (κ3) is 2.47. The van der Waals surface area contributed by atoms with Gasteiger partial charge in [-0.25, -0.2) is 14.4 Å². The summed E-state index contributed by atoms with van der Waals surface area (Å²) in [5.41, 5.74) is 2.23. The Hall–Kier alpha value is -1.69. The Labute approximate surface area is 121 Å². The molecule has 0 unspecified atom stereocenters. The van der Waals surface area contributed by atoms with Crippen LogP contribution < -0.4 is 4.90 Å². The second-order valence-corrected chi connectivity index (χ2v) is 5.32. The van der Waals surface area contributed by atoms with Gasteiger partial charge in [0.1, 0.15) is 0 Å². The van der Waals surface area contributed by atoms with E-state index in [1.165, 1.54) is 0 Å². The van der Waals surface area contributed by atoms with Crippen LogP contribution in [0.1, 0.15) is 30.1 Å². The molecule has 0 aromatic carbocycles. The fraction of sp³-hybridized carbons (Fsp3) is 0.462. The Morgan fingerprint density at radius 1 is 1.35 bits per heavy atom. The van der Waals surface area contributed by atoms with Crippen molar-refractivity contribution in [2.45, 2.75) is 25.7 Å². The first-order chi connectivity index (χ1) is 9.65. The predicted octanol–water partition coefficient (Wildman–Crippen LogP) is 2.68. The topological polar surface area (TPSA) is 57.7 Å². The molecule has 1 aliphatic heterocycles. The maximum Gasteiger partial charge on any atom is 0.224 e. The zero-order valence-corrected chi connectivity index (χ0v) is 11.9. The number of aromatic amines is 1. The van der Waals surface area contributed by atoms with Gasteiger partial charge in [0, 0.05) is 24.7 Å². The van der Waals surface area contributed by atoms with Gasteiger partial charge < -0.3 is 9.88 Å². The van der Waals surface area contributed by atoms with Crippen molar-refractivity contribution in [3.05, 3.63) is 35.0 Å². The summed E-state index contributed by atoms with van der Waals surface area (Å²) in [6.07, 6.45) is 4.69. The highest BCUT2D eigenvalue weighted by Crippen LogP contribution is 2.30. The second-order valence-electron chi connectivity index (χ2n) is 4.98. The van der Waals surface area contributed by atoms with E-state index in [1.807, 2.05) is 11.8 Å². The number of anilines is 1. The highest BCUT2D eigenvalue weighted by Gasteiger charge is 2.25. The van der Waals surface area contributed by atoms with E-state index >= 15 is 0 Å². The molecule has 5 nitrogen and oxygen atoms in total. The van der Waals surface area contributed by atoms with E-state index in [-0.39, 0.29) is 5.28 Å². The van der Waals surface area contributed by atoms with Crippen molar-refractivity contribution >= 4 is 17.4 Å². The molecule has 2 aromatic heterocycles. The Morgan fingerprint density at radius 3 is 2.75 bits per heavy atom. The largest absolute Gasteiger partial charge is 0.354 e. The minimum atomic E-state index is -0.427. The number of rotatable bonds is 2. The average Bonchev–Trinajstić information content (AvgIpc) is 2.88. The molecular weight excluding hydrogens is 281 g/mol. The number of nitrogens with zero attached hydrogens (tertiary/aromatic N) is 4. The second kappa shape index (κ2) is 5.36. The molecule has 3 rings (SSSR count). The summed E-state index contributed by atoms with van der Waals surface area (Å²) in [5, 5.41) is 0.0756. The summed E-state index contributed by atoms with van der Waals surface area (Å²) in [4.78, 5) is 17.0. The fourth-order valence-electron chi connectivity index (χ4n) is 2.70. The number of aryl methyl sites for hydroxylation is 1. The summed E-state index contributed by atoms with van der Waals surface area (Å²) in [6, 6.07) is 0. The number of hydrogen-bond donors (Lipinski definition) is 1. The van der Waals surface area contributed by atoms with Crippen molar-refractivity contribution in [1.29, 1.82) is 0 Å². The van der Waals surface area contributed by atoms with Gasteiger partial charge in [0.2, 0.25) is 5.28 Å². The third-order valence-corrected chi connectivity index (χ3v) is 3.93. The lowest BCUT2D eigenvalue weighted by atomic mass is 9.92. The molecule has 1 N–H and O–H groups in total. The monoisotopic (exact) mass is 295 g/mol. The van der Waals surface area contributed by atoms with E-state index in [9.17, 15) is 4.39 Å². The molecule has 0 spiro atoms. The first-order valence-corrected chi connectivity index (χ1v) is 6.96. The molecule has 106 valence electrons. The van der Waals surface area contributed by atoms with Crippen LogP contribution in [0.4, 0.5) is 10.2 Å². The third-order valence-electron chi connectivity index (χ3n) is 3.75. The van der Waals surface area contributed by atoms with Crippen molar-refractivity contribution < 1.29 is 4.39 Å². The summed E-state index contributed by atoms with van der Waals surface area (Å²) < 4.78 is 13.7. The van der Waals surface area contributed by atoms with Crippen LogP contribution >= 0.6 is 11.6 Å². The van der Waals surface area contributed by atoms with Gasteiger partial charge >= 0.3 is 0 Å². The number of aromatic nitrogens is 4. The van der Waals surface area contributed by atoms with E-state index in [2.05, 4.69) is 19.9 Å². The maximum absolute atomic E-state index is 13.7. The number of piperidine rings is 1. The van der Waals surface area contributed by atoms with E-state index in [1.54, 1.807) is 6.33 Å². The maximum atomic E-state index is 13.7. The molecule has 0 saturated carbocycles. The summed E-state index contributed by atoms with van der Waals surface area (Å²) in [6.45, 7) is 3.50. The standard InChI is InChI=1S/C13H15ClFN5/c1-8-11(18-7-17-8)9-2-4-20(5-3-9)12-10(15)6-16-13(14)19-12/h6-7,9H,2-5H2,1H3,(H,17,18). The lowest BCUT2D eigenvalue weighted by molar-refractivity contribution is 0.484. The highest BCUT2D eigenvalue weighted by atomic mass is 35.5. The molecule has 0 bridgehead atoms. The van der Waals surface area contributed by atoms with Crippen molar-refractivity contribution in [1.82, 2.24) is 19.9 Å². The summed E-state index contributed by atoms with van der Waals surface area (Å²) in [7, 11) is 0. The number of nitrogens with one attached hydrogen (secondary N) is 1. The van der Waals surface area contributed by atoms with Crippen molar-refractivity contribution in [3.8, 4) is 0 Å². The lowest BCUT2D eigenvalue weighted by Gasteiger charge is -2.32. The van der Waals surface area contributed by atoms with Crippen LogP contribution in [-0.4, -0.2) is 33.0 Å². The molecule has 0 atom stereocenters. The van der Waals surface area contributed by atoms with Gasteiger partial charge in [-0.1, -0.05) is 0 Å². The number of imidazole rings is 1. The Morgan fingerprint density at radius 2 is 2.10 bits per heavy atom. The number of halogens is 2. The van der Waals surface area contributed by atoms with Gasteiger partial charge in [-0.15, -0.1) is 0 Å². The van der Waals surface area contributed by atoms with E-state index < -0.39 is 5.82 Å². The SMILES string of the molecule is Cc1[nH]cnc1C1CCN(c2nc(Cl)ncc2F)CC1. The van der Waals surface area contributed by atoms with Crippen LogP contribution in [-0.2, 0) is 0 Å². The van der Waals surface area contributed by atoms with E-state index in [0.717, 1.165) is 43.5 Å². The Bertz CT molecular complexity index is 607. The molecule has 1 aliphatic rings. The normalized spacial score (nSPS) is 16.6. The minimum Gasteiger partial charge on any atom is -0.354 e. The van der Waals surface area contributed by atoms with Crippen LogP contribution in [0.3, 0.4) is 0 Å². The van der Waals surface area contributed by atoms with Gasteiger partial charge in [0.05, 0.1) is 18.2 Å². The molecule has 1 fully saturated rings. The molecule has 3 heterocycles. The van der Waals surface area contributed by atoms with Crippen LogP contribution in [0.2, 0.25) is 5.28 Å². The Balaban J connectivity index is 1.72. The quantitative estimate of drug-likeness (QED) is 0.866. The molecule has 20 heavy (non-hydrogen) atoms. The molecule has 1 saturated heterocycles. The van der Waals surface area contributed by atoms with Gasteiger partial charge in [-0.2, -0.15) is 4.98 Å². The van der Waals surface area contributed by atoms with Gasteiger partial charge in [0.25, 0.3) is 0 Å². The van der Waals surface area contributed by atoms with Crippen LogP contribution in [0.5, 0.6) is 0 Å². The van der Waals surface area contributed by atoms with Crippen molar-refractivity contribution in [2.75, 3.05) is 18.0 Å². The zero-order chi connectivity index (χ0) is 14.1. The van der Waals surface area contributed by atoms with E-state index in [4.69, 9.17) is 11.6 Å². The smallest absolute Gasteiger partial charge is 0.224 e. The van der Waals surface area contributed by atoms with Crippen molar-refractivity contribution in [3.63, 3.8) is 0 Å². The number of hydrogen-bond acceptors (Lipinski definition) is 4. The zero-order valence-electron chi connectivity index (χ0n) is 11.1. The lowest BCUT2D eigenvalue weighted by Crippen LogP contribution is -2.34. The molecule has 0 amide bonds. The molecule has 7 heteroatoms. The van der Waals surface area contributed by atoms with Crippen LogP contribution in [0.25, 0.3) is 0 Å². The van der Waals surface area contributed by atoms with Gasteiger partial charge in [-0.3, -0.25) is 0 Å². The molecular formula is C13H15ClFN5. The first kappa shape index (κ1) is 13.3. The summed E-state index contributed by atoms with van der Waals surface area (Å²) in [5.74, 6) is 0.281. The Kier molecular flexibility index (Phi) is 3.56. The van der Waals surface area contributed by atoms with Gasteiger partial charge in [0.15, 0.2) is 11.6 Å². The summed E-state index contributed by atoms with van der Waals surface area (Å²) >= 11 is 5.74. The average molecular weight is 296 g/mol. The number of H-pyrrole nitrogens is 1. The predicted molar refractivity (Wildman–Crippen MR) is 74.5 cm³/mol. The van der Waals surface area contributed by atoms with E-state index in [0.29, 0.717) is 11.7 Å². The first-order valence-electron chi connectivity index (χ1n) is 6.58. The minimum absolute atomic E-state index is 0.0756. The molecule has 2 aromatic rings. The fourth-order valence-corrected chi connectivity index (χ4v) is 2.83. The van der Waals surface area contributed by atoms with Gasteiger partial charge in [-0.05, 0) is 31.4 Å². The van der Waals surface area contributed by atoms with Crippen LogP contribution in [0.15, 0.2) is 12.5 Å².